The number of benzene rings is 1. The molecule has 0 aliphatic carbocycles. The normalized spacial score (nSPS) is 13.9. The minimum atomic E-state index is 0.294. The zero-order valence-corrected chi connectivity index (χ0v) is 15.8. The zero-order valence-electron chi connectivity index (χ0n) is 14.9. The molecule has 1 N–H and O–H groups in total. The summed E-state index contributed by atoms with van der Waals surface area (Å²) < 4.78 is 13.0. The van der Waals surface area contributed by atoms with Gasteiger partial charge in [-0.15, -0.1) is 11.3 Å². The number of rotatable bonds is 7. The Labute approximate surface area is 156 Å². The highest BCUT2D eigenvalue weighted by Crippen LogP contribution is 2.36. The smallest absolute Gasteiger partial charge is 0.231 e. The van der Waals surface area contributed by atoms with E-state index in [0.29, 0.717) is 12.7 Å². The third-order valence-corrected chi connectivity index (χ3v) is 5.34. The van der Waals surface area contributed by atoms with Crippen LogP contribution < -0.4 is 14.8 Å². The lowest BCUT2D eigenvalue weighted by Gasteiger charge is -2.13. The van der Waals surface area contributed by atoms with E-state index in [1.165, 1.54) is 0 Å². The van der Waals surface area contributed by atoms with E-state index in [0.717, 1.165) is 53.2 Å². The summed E-state index contributed by atoms with van der Waals surface area (Å²) in [4.78, 5) is 9.01. The van der Waals surface area contributed by atoms with Gasteiger partial charge in [0.05, 0.1) is 5.69 Å². The second-order valence-corrected chi connectivity index (χ2v) is 7.43. The summed E-state index contributed by atoms with van der Waals surface area (Å²) in [5.74, 6) is 3.18. The van der Waals surface area contributed by atoms with Crippen molar-refractivity contribution >= 4 is 11.3 Å². The van der Waals surface area contributed by atoms with Gasteiger partial charge in [0, 0.05) is 36.4 Å². The summed E-state index contributed by atoms with van der Waals surface area (Å²) >= 11 is 1.65. The van der Waals surface area contributed by atoms with Crippen molar-refractivity contribution in [3.05, 3.63) is 47.5 Å². The molecule has 6 nitrogen and oxygen atoms in total. The summed E-state index contributed by atoms with van der Waals surface area (Å²) in [6, 6.07) is 5.96. The van der Waals surface area contributed by atoms with E-state index < -0.39 is 0 Å². The molecule has 7 heteroatoms. The van der Waals surface area contributed by atoms with E-state index in [1.54, 1.807) is 11.3 Å². The van der Waals surface area contributed by atoms with Gasteiger partial charge in [-0.2, -0.15) is 0 Å². The van der Waals surface area contributed by atoms with Crippen molar-refractivity contribution in [2.45, 2.75) is 26.9 Å². The van der Waals surface area contributed by atoms with Crippen LogP contribution in [-0.2, 0) is 13.1 Å². The van der Waals surface area contributed by atoms with Crippen LogP contribution in [0, 0.1) is 12.8 Å². The largest absolute Gasteiger partial charge is 0.454 e. The highest BCUT2D eigenvalue weighted by atomic mass is 32.1. The van der Waals surface area contributed by atoms with Crippen molar-refractivity contribution in [3.8, 4) is 22.1 Å². The SMILES string of the molecule is Cc1nccn1CC(C)CNCc1csc(-c2ccc3c(c2)OCO3)n1. The molecule has 0 saturated carbocycles. The molecule has 2 aromatic heterocycles. The number of hydrogen-bond donors (Lipinski definition) is 1. The van der Waals surface area contributed by atoms with Gasteiger partial charge < -0.3 is 19.4 Å². The first-order chi connectivity index (χ1) is 12.7. The molecule has 0 radical (unpaired) electrons. The molecule has 1 aliphatic heterocycles. The number of thiazole rings is 1. The molecular formula is C19H22N4O2S. The molecule has 1 aliphatic rings. The Morgan fingerprint density at radius 1 is 1.31 bits per heavy atom. The Kier molecular flexibility index (Phi) is 4.90. The fourth-order valence-corrected chi connectivity index (χ4v) is 3.81. The molecule has 0 amide bonds. The number of imidazole rings is 1. The van der Waals surface area contributed by atoms with E-state index in [1.807, 2.05) is 37.5 Å². The van der Waals surface area contributed by atoms with Gasteiger partial charge in [0.2, 0.25) is 6.79 Å². The predicted octanol–water partition coefficient (Wildman–Crippen LogP) is 3.47. The van der Waals surface area contributed by atoms with Crippen molar-refractivity contribution in [1.82, 2.24) is 19.9 Å². The number of ether oxygens (including phenoxy) is 2. The van der Waals surface area contributed by atoms with Crippen LogP contribution in [0.5, 0.6) is 11.5 Å². The van der Waals surface area contributed by atoms with E-state index >= 15 is 0 Å². The van der Waals surface area contributed by atoms with E-state index in [-0.39, 0.29) is 0 Å². The first-order valence-electron chi connectivity index (χ1n) is 8.72. The molecule has 4 rings (SSSR count). The standard InChI is InChI=1S/C19H22N4O2S/c1-13(10-23-6-5-21-14(23)2)8-20-9-16-11-26-19(22-16)15-3-4-17-18(7-15)25-12-24-17/h3-7,11,13,20H,8-10,12H2,1-2H3. The molecule has 1 unspecified atom stereocenters. The second-order valence-electron chi connectivity index (χ2n) is 6.57. The quantitative estimate of drug-likeness (QED) is 0.690. The lowest BCUT2D eigenvalue weighted by molar-refractivity contribution is 0.174. The third kappa shape index (κ3) is 3.73. The van der Waals surface area contributed by atoms with Crippen molar-refractivity contribution in [1.29, 1.82) is 0 Å². The van der Waals surface area contributed by atoms with Crippen molar-refractivity contribution in [2.24, 2.45) is 5.92 Å². The zero-order chi connectivity index (χ0) is 17.9. The minimum Gasteiger partial charge on any atom is -0.454 e. The predicted molar refractivity (Wildman–Crippen MR) is 102 cm³/mol. The van der Waals surface area contributed by atoms with Crippen LogP contribution in [0.25, 0.3) is 10.6 Å². The van der Waals surface area contributed by atoms with Crippen molar-refractivity contribution in [3.63, 3.8) is 0 Å². The first kappa shape index (κ1) is 17.1. The van der Waals surface area contributed by atoms with Crippen molar-refractivity contribution < 1.29 is 9.47 Å². The molecule has 26 heavy (non-hydrogen) atoms. The molecule has 0 spiro atoms. The molecule has 3 heterocycles. The van der Waals surface area contributed by atoms with Crippen molar-refractivity contribution in [2.75, 3.05) is 13.3 Å². The number of aromatic nitrogens is 3. The van der Waals surface area contributed by atoms with Gasteiger partial charge >= 0.3 is 0 Å². The summed E-state index contributed by atoms with van der Waals surface area (Å²) in [6.45, 7) is 7.25. The topological polar surface area (TPSA) is 61.2 Å². The highest BCUT2D eigenvalue weighted by Gasteiger charge is 2.15. The van der Waals surface area contributed by atoms with Crippen LogP contribution in [-0.4, -0.2) is 27.9 Å². The molecule has 0 bridgehead atoms. The summed E-state index contributed by atoms with van der Waals surface area (Å²) in [6.07, 6.45) is 3.88. The van der Waals surface area contributed by atoms with E-state index in [9.17, 15) is 0 Å². The van der Waals surface area contributed by atoms with Crippen LogP contribution >= 0.6 is 11.3 Å². The monoisotopic (exact) mass is 370 g/mol. The molecular weight excluding hydrogens is 348 g/mol. The first-order valence-corrected chi connectivity index (χ1v) is 9.60. The van der Waals surface area contributed by atoms with Crippen LogP contribution in [0.15, 0.2) is 36.0 Å². The molecule has 3 aromatic rings. The lowest BCUT2D eigenvalue weighted by Crippen LogP contribution is -2.24. The molecule has 1 aromatic carbocycles. The van der Waals surface area contributed by atoms with Gasteiger partial charge in [0.1, 0.15) is 10.8 Å². The van der Waals surface area contributed by atoms with Gasteiger partial charge in [-0.05, 0) is 37.6 Å². The van der Waals surface area contributed by atoms with E-state index in [4.69, 9.17) is 14.5 Å². The van der Waals surface area contributed by atoms with Crippen LogP contribution in [0.1, 0.15) is 18.4 Å². The maximum atomic E-state index is 5.45. The number of hydrogen-bond acceptors (Lipinski definition) is 6. The van der Waals surface area contributed by atoms with Gasteiger partial charge in [-0.1, -0.05) is 6.92 Å². The lowest BCUT2D eigenvalue weighted by atomic mass is 10.2. The maximum absolute atomic E-state index is 5.45. The minimum absolute atomic E-state index is 0.294. The Hall–Kier alpha value is -2.38. The van der Waals surface area contributed by atoms with Gasteiger partial charge in [0.25, 0.3) is 0 Å². The maximum Gasteiger partial charge on any atom is 0.231 e. The average Bonchev–Trinajstić information content (AvgIpc) is 3.36. The van der Waals surface area contributed by atoms with Crippen LogP contribution in [0.4, 0.5) is 0 Å². The Morgan fingerprint density at radius 3 is 3.04 bits per heavy atom. The molecule has 136 valence electrons. The number of nitrogens with zero attached hydrogens (tertiary/aromatic N) is 3. The molecule has 0 saturated heterocycles. The number of nitrogens with one attached hydrogen (secondary N) is 1. The Balaban J connectivity index is 1.30. The highest BCUT2D eigenvalue weighted by molar-refractivity contribution is 7.13. The Bertz CT molecular complexity index is 889. The third-order valence-electron chi connectivity index (χ3n) is 4.40. The van der Waals surface area contributed by atoms with Crippen LogP contribution in [0.3, 0.4) is 0 Å². The summed E-state index contributed by atoms with van der Waals surface area (Å²) in [5, 5.41) is 6.62. The van der Waals surface area contributed by atoms with Crippen LogP contribution in [0.2, 0.25) is 0 Å². The van der Waals surface area contributed by atoms with Gasteiger partial charge in [0.15, 0.2) is 11.5 Å². The average molecular weight is 370 g/mol. The van der Waals surface area contributed by atoms with Gasteiger partial charge in [-0.3, -0.25) is 0 Å². The van der Waals surface area contributed by atoms with E-state index in [2.05, 4.69) is 27.2 Å². The summed E-state index contributed by atoms with van der Waals surface area (Å²) in [7, 11) is 0. The fourth-order valence-electron chi connectivity index (χ4n) is 2.99. The number of aryl methyl sites for hydroxylation is 1. The summed E-state index contributed by atoms with van der Waals surface area (Å²) in [5.41, 5.74) is 2.13. The molecule has 0 fully saturated rings. The molecule has 1 atom stereocenters. The fraction of sp³-hybridized carbons (Fsp3) is 0.368. The number of fused-ring (bicyclic) bond motifs is 1. The van der Waals surface area contributed by atoms with Gasteiger partial charge in [-0.25, -0.2) is 9.97 Å². The second kappa shape index (κ2) is 7.47. The Morgan fingerprint density at radius 2 is 2.19 bits per heavy atom.